The topological polar surface area (TPSA) is 101 Å². The zero-order valence-electron chi connectivity index (χ0n) is 23.1. The molecule has 2 aliphatic heterocycles. The van der Waals surface area contributed by atoms with Crippen molar-refractivity contribution in [2.45, 2.75) is 71.7 Å². The maximum atomic E-state index is 14.1. The second kappa shape index (κ2) is 12.2. The van der Waals surface area contributed by atoms with Crippen molar-refractivity contribution in [1.82, 2.24) is 20.9 Å². The van der Waals surface area contributed by atoms with Crippen molar-refractivity contribution in [2.75, 3.05) is 6.54 Å². The van der Waals surface area contributed by atoms with Crippen LogP contribution in [0.5, 0.6) is 0 Å². The quantitative estimate of drug-likeness (QED) is 0.370. The molecule has 11 heteroatoms. The van der Waals surface area contributed by atoms with E-state index in [1.54, 1.807) is 25.3 Å². The van der Waals surface area contributed by atoms with E-state index < -0.39 is 36.1 Å². The SMILES string of the molecule is CCC(C)N=C1C=C(C)C(NC2=NC(C)(NCC3=CC=CNC3O)C(=O)N2Cc2cc(F)c(F)cc2CF)=CC1. The van der Waals surface area contributed by atoms with Crippen molar-refractivity contribution in [3.63, 3.8) is 0 Å². The summed E-state index contributed by atoms with van der Waals surface area (Å²) in [6, 6.07) is 1.91. The second-order valence-corrected chi connectivity index (χ2v) is 10.2. The standard InChI is InChI=1S/C29H35F3N6O2/c1-5-18(3)35-22-8-9-25(17(2)11-22)36-28-37-29(4,34-15-19-7-6-10-33-26(19)39)27(40)38(28)16-21-13-24(32)23(31)12-20(21)14-30/h6-7,9-13,18,26,33-34,39H,5,8,14-16H2,1-4H3,(H,36,37). The summed E-state index contributed by atoms with van der Waals surface area (Å²) in [4.78, 5) is 24.4. The highest BCUT2D eigenvalue weighted by atomic mass is 19.2. The monoisotopic (exact) mass is 556 g/mol. The van der Waals surface area contributed by atoms with Crippen LogP contribution in [0.25, 0.3) is 0 Å². The lowest BCUT2D eigenvalue weighted by molar-refractivity contribution is -0.132. The van der Waals surface area contributed by atoms with Gasteiger partial charge >= 0.3 is 0 Å². The molecule has 8 nitrogen and oxygen atoms in total. The van der Waals surface area contributed by atoms with Crippen LogP contribution >= 0.6 is 0 Å². The summed E-state index contributed by atoms with van der Waals surface area (Å²) in [5, 5.41) is 19.3. The lowest BCUT2D eigenvalue weighted by Crippen LogP contribution is -2.52. The van der Waals surface area contributed by atoms with Crippen molar-refractivity contribution >= 4 is 17.6 Å². The molecule has 1 amide bonds. The molecule has 3 atom stereocenters. The number of dihydropyridines is 1. The number of carbonyl (C=O) groups excluding carboxylic acids is 1. The number of carbonyl (C=O) groups is 1. The van der Waals surface area contributed by atoms with E-state index in [-0.39, 0.29) is 36.2 Å². The molecule has 2 heterocycles. The van der Waals surface area contributed by atoms with Crippen molar-refractivity contribution < 1.29 is 23.1 Å². The first kappa shape index (κ1) is 29.3. The lowest BCUT2D eigenvalue weighted by Gasteiger charge is -2.27. The van der Waals surface area contributed by atoms with Gasteiger partial charge in [0, 0.05) is 30.4 Å². The number of benzene rings is 1. The van der Waals surface area contributed by atoms with Gasteiger partial charge < -0.3 is 15.7 Å². The van der Waals surface area contributed by atoms with E-state index in [2.05, 4.69) is 34.8 Å². The first-order chi connectivity index (χ1) is 19.0. The lowest BCUT2D eigenvalue weighted by atomic mass is 10.0. The molecule has 40 heavy (non-hydrogen) atoms. The van der Waals surface area contributed by atoms with Crippen LogP contribution in [0, 0.1) is 11.6 Å². The van der Waals surface area contributed by atoms with E-state index >= 15 is 0 Å². The van der Waals surface area contributed by atoms with Gasteiger partial charge in [-0.25, -0.2) is 18.2 Å². The predicted molar refractivity (Wildman–Crippen MR) is 149 cm³/mol. The summed E-state index contributed by atoms with van der Waals surface area (Å²) < 4.78 is 41.7. The van der Waals surface area contributed by atoms with Gasteiger partial charge in [0.05, 0.1) is 6.54 Å². The number of allylic oxidation sites excluding steroid dienone is 5. The molecular weight excluding hydrogens is 521 g/mol. The molecule has 0 saturated carbocycles. The normalized spacial score (nSPS) is 24.4. The summed E-state index contributed by atoms with van der Waals surface area (Å²) >= 11 is 0. The molecule has 0 saturated heterocycles. The summed E-state index contributed by atoms with van der Waals surface area (Å²) in [5.74, 6) is -2.59. The van der Waals surface area contributed by atoms with Gasteiger partial charge in [-0.15, -0.1) is 0 Å². The fraction of sp³-hybridized carbons (Fsp3) is 0.414. The minimum Gasteiger partial charge on any atom is -0.370 e. The Labute approximate surface area is 232 Å². The van der Waals surface area contributed by atoms with Crippen molar-refractivity contribution in [2.24, 2.45) is 9.98 Å². The average Bonchev–Trinajstić information content (AvgIpc) is 3.16. The number of nitrogens with zero attached hydrogens (tertiary/aromatic N) is 3. The molecule has 4 rings (SSSR count). The zero-order valence-corrected chi connectivity index (χ0v) is 23.1. The largest absolute Gasteiger partial charge is 0.370 e. The van der Waals surface area contributed by atoms with E-state index in [0.717, 1.165) is 35.5 Å². The van der Waals surface area contributed by atoms with Gasteiger partial charge in [-0.1, -0.05) is 19.1 Å². The summed E-state index contributed by atoms with van der Waals surface area (Å²) in [7, 11) is 0. The van der Waals surface area contributed by atoms with Crippen LogP contribution in [0.2, 0.25) is 0 Å². The Morgan fingerprint density at radius 2 is 2.02 bits per heavy atom. The van der Waals surface area contributed by atoms with Gasteiger partial charge in [-0.3, -0.25) is 20.0 Å². The number of aliphatic imine (C=N–C) groups is 2. The number of nitrogens with one attached hydrogen (secondary N) is 3. The maximum Gasteiger partial charge on any atom is 0.272 e. The third-order valence-corrected chi connectivity index (χ3v) is 7.16. The second-order valence-electron chi connectivity index (χ2n) is 10.2. The molecule has 3 unspecified atom stereocenters. The molecule has 0 aromatic heterocycles. The Hall–Kier alpha value is -3.70. The predicted octanol–water partition coefficient (Wildman–Crippen LogP) is 3.86. The number of rotatable bonds is 9. The molecule has 4 N–H and O–H groups in total. The zero-order chi connectivity index (χ0) is 29.0. The Bertz CT molecular complexity index is 1350. The number of hydrogen-bond donors (Lipinski definition) is 4. The first-order valence-corrected chi connectivity index (χ1v) is 13.3. The molecule has 3 aliphatic rings. The van der Waals surface area contributed by atoms with Crippen molar-refractivity contribution in [1.29, 1.82) is 0 Å². The minimum absolute atomic E-state index is 0.0557. The highest BCUT2D eigenvalue weighted by Crippen LogP contribution is 2.27. The van der Waals surface area contributed by atoms with Crippen LogP contribution in [-0.4, -0.2) is 52.1 Å². The molecule has 0 spiro atoms. The third kappa shape index (κ3) is 6.37. The average molecular weight is 557 g/mol. The van der Waals surface area contributed by atoms with Gasteiger partial charge in [-0.2, -0.15) is 0 Å². The van der Waals surface area contributed by atoms with Gasteiger partial charge in [-0.05, 0) is 79.9 Å². The van der Waals surface area contributed by atoms with E-state index in [9.17, 15) is 23.1 Å². The summed E-state index contributed by atoms with van der Waals surface area (Å²) in [6.07, 6.45) is 9.59. The van der Waals surface area contributed by atoms with Crippen LogP contribution < -0.4 is 16.0 Å². The smallest absolute Gasteiger partial charge is 0.272 e. The molecule has 1 aromatic carbocycles. The van der Waals surface area contributed by atoms with Gasteiger partial charge in [0.2, 0.25) is 5.96 Å². The fourth-order valence-corrected chi connectivity index (χ4v) is 4.54. The van der Waals surface area contributed by atoms with Crippen LogP contribution in [0.1, 0.15) is 51.7 Å². The molecule has 0 bridgehead atoms. The summed E-state index contributed by atoms with van der Waals surface area (Å²) in [6.45, 7) is 6.52. The van der Waals surface area contributed by atoms with Crippen LogP contribution in [0.15, 0.2) is 69.5 Å². The number of guanidine groups is 1. The van der Waals surface area contributed by atoms with E-state index in [1.807, 2.05) is 19.1 Å². The molecular formula is C29H35F3N6O2. The van der Waals surface area contributed by atoms with Crippen molar-refractivity contribution in [3.05, 3.63) is 82.2 Å². The maximum absolute atomic E-state index is 14.1. The highest BCUT2D eigenvalue weighted by Gasteiger charge is 2.45. The van der Waals surface area contributed by atoms with E-state index in [1.165, 1.54) is 4.90 Å². The Kier molecular flexibility index (Phi) is 8.95. The molecule has 214 valence electrons. The number of aliphatic hydroxyl groups is 1. The van der Waals surface area contributed by atoms with Gasteiger partial charge in [0.1, 0.15) is 12.9 Å². The Morgan fingerprint density at radius 1 is 1.30 bits per heavy atom. The van der Waals surface area contributed by atoms with Gasteiger partial charge in [0.15, 0.2) is 17.3 Å². The van der Waals surface area contributed by atoms with Crippen LogP contribution in [-0.2, 0) is 18.0 Å². The Balaban J connectivity index is 1.63. The molecule has 0 radical (unpaired) electrons. The number of halogens is 3. The van der Waals surface area contributed by atoms with Gasteiger partial charge in [0.25, 0.3) is 5.91 Å². The van der Waals surface area contributed by atoms with E-state index in [0.29, 0.717) is 12.0 Å². The number of hydrogen-bond acceptors (Lipinski definition) is 7. The Morgan fingerprint density at radius 3 is 2.67 bits per heavy atom. The molecule has 1 aliphatic carbocycles. The molecule has 1 aromatic rings. The van der Waals surface area contributed by atoms with Crippen molar-refractivity contribution in [3.8, 4) is 0 Å². The number of aliphatic hydroxyl groups excluding tert-OH is 1. The van der Waals surface area contributed by atoms with E-state index in [4.69, 9.17) is 4.99 Å². The minimum atomic E-state index is -1.45. The highest BCUT2D eigenvalue weighted by molar-refractivity contribution is 6.08. The van der Waals surface area contributed by atoms with Crippen LogP contribution in [0.4, 0.5) is 13.2 Å². The number of alkyl halides is 1. The first-order valence-electron chi connectivity index (χ1n) is 13.3. The summed E-state index contributed by atoms with van der Waals surface area (Å²) in [5.41, 5.74) is 1.77. The number of amides is 1. The van der Waals surface area contributed by atoms with Crippen LogP contribution in [0.3, 0.4) is 0 Å². The third-order valence-electron chi connectivity index (χ3n) is 7.16. The fourth-order valence-electron chi connectivity index (χ4n) is 4.54. The molecule has 0 fully saturated rings.